The maximum Gasteiger partial charge on any atom is 0.293 e. The molecule has 0 spiro atoms. The van der Waals surface area contributed by atoms with Gasteiger partial charge in [0.15, 0.2) is 5.78 Å². The van der Waals surface area contributed by atoms with Gasteiger partial charge in [0.1, 0.15) is 22.2 Å². The average Bonchev–Trinajstić information content (AvgIpc) is 2.69. The molecule has 154 valence electrons. The maximum absolute atomic E-state index is 13.9. The molecule has 1 aliphatic rings. The van der Waals surface area contributed by atoms with E-state index in [1.165, 1.54) is 25.1 Å². The van der Waals surface area contributed by atoms with Gasteiger partial charge in [0, 0.05) is 37.8 Å². The molecule has 0 aliphatic carbocycles. The van der Waals surface area contributed by atoms with Crippen molar-refractivity contribution < 1.29 is 26.9 Å². The number of nitrogens with zero attached hydrogens (tertiary/aromatic N) is 3. The lowest BCUT2D eigenvalue weighted by Gasteiger charge is -2.35. The van der Waals surface area contributed by atoms with E-state index >= 15 is 0 Å². The fraction of sp³-hybridized carbons (Fsp3) is 0.278. The summed E-state index contributed by atoms with van der Waals surface area (Å²) in [4.78, 5) is 23.2. The predicted octanol–water partition coefficient (Wildman–Crippen LogP) is 2.59. The fourth-order valence-corrected chi connectivity index (χ4v) is 4.64. The molecule has 8 nitrogen and oxygen atoms in total. The Kier molecular flexibility index (Phi) is 5.62. The van der Waals surface area contributed by atoms with Crippen molar-refractivity contribution in [2.45, 2.75) is 11.8 Å². The summed E-state index contributed by atoms with van der Waals surface area (Å²) < 4.78 is 53.6. The molecule has 1 fully saturated rings. The highest BCUT2D eigenvalue weighted by atomic mass is 32.2. The Morgan fingerprint density at radius 3 is 2.31 bits per heavy atom. The number of Topliss-reactive ketones (excluding diaryl/α,β-unsaturated/α-hetero) is 1. The highest BCUT2D eigenvalue weighted by Crippen LogP contribution is 2.31. The summed E-state index contributed by atoms with van der Waals surface area (Å²) in [5, 5.41) is 11.4. The van der Waals surface area contributed by atoms with Crippen molar-refractivity contribution in [1.82, 2.24) is 4.31 Å². The van der Waals surface area contributed by atoms with Gasteiger partial charge >= 0.3 is 0 Å². The molecule has 0 bridgehead atoms. The number of hydrogen-bond donors (Lipinski definition) is 0. The minimum atomic E-state index is -4.25. The van der Waals surface area contributed by atoms with Crippen LogP contribution < -0.4 is 4.90 Å². The van der Waals surface area contributed by atoms with Crippen LogP contribution in [0.3, 0.4) is 0 Å². The molecule has 0 N–H and O–H groups in total. The number of carbonyl (C=O) groups is 1. The van der Waals surface area contributed by atoms with Gasteiger partial charge in [-0.15, -0.1) is 0 Å². The zero-order valence-corrected chi connectivity index (χ0v) is 16.2. The van der Waals surface area contributed by atoms with Gasteiger partial charge in [-0.1, -0.05) is 0 Å². The second-order valence-electron chi connectivity index (χ2n) is 6.48. The fourth-order valence-electron chi connectivity index (χ4n) is 3.14. The molecule has 1 heterocycles. The third-order valence-corrected chi connectivity index (χ3v) is 6.58. The first-order valence-corrected chi connectivity index (χ1v) is 10.0. The lowest BCUT2D eigenvalue weighted by Crippen LogP contribution is -2.49. The number of carbonyl (C=O) groups excluding carboxylic acids is 1. The molecule has 1 aliphatic heterocycles. The Labute approximate surface area is 165 Å². The van der Waals surface area contributed by atoms with Crippen LogP contribution in [0.25, 0.3) is 0 Å². The molecule has 0 radical (unpaired) electrons. The zero-order valence-electron chi connectivity index (χ0n) is 15.3. The van der Waals surface area contributed by atoms with Crippen LogP contribution in [0.2, 0.25) is 0 Å². The molecule has 0 amide bonds. The van der Waals surface area contributed by atoms with Gasteiger partial charge in [0.2, 0.25) is 10.0 Å². The average molecular weight is 425 g/mol. The second-order valence-corrected chi connectivity index (χ2v) is 8.39. The van der Waals surface area contributed by atoms with Crippen LogP contribution in [-0.4, -0.2) is 49.6 Å². The molecule has 3 rings (SSSR count). The Bertz CT molecular complexity index is 1080. The van der Waals surface area contributed by atoms with E-state index in [0.29, 0.717) is 6.07 Å². The summed E-state index contributed by atoms with van der Waals surface area (Å²) in [7, 11) is -4.25. The van der Waals surface area contributed by atoms with Crippen LogP contribution in [-0.2, 0) is 10.0 Å². The van der Waals surface area contributed by atoms with Gasteiger partial charge < -0.3 is 4.90 Å². The zero-order chi connectivity index (χ0) is 21.3. The van der Waals surface area contributed by atoms with Crippen LogP contribution in [0.4, 0.5) is 20.2 Å². The molecule has 0 atom stereocenters. The van der Waals surface area contributed by atoms with Crippen LogP contribution in [0.1, 0.15) is 17.3 Å². The lowest BCUT2D eigenvalue weighted by atomic mass is 10.1. The molecular weight excluding hydrogens is 408 g/mol. The molecule has 29 heavy (non-hydrogen) atoms. The highest BCUT2D eigenvalue weighted by Gasteiger charge is 2.32. The molecule has 0 aromatic heterocycles. The summed E-state index contributed by atoms with van der Waals surface area (Å²) in [5.41, 5.74) is 0.197. The van der Waals surface area contributed by atoms with Gasteiger partial charge in [-0.3, -0.25) is 14.9 Å². The summed E-state index contributed by atoms with van der Waals surface area (Å²) in [6.07, 6.45) is 0. The molecule has 2 aromatic rings. The van der Waals surface area contributed by atoms with Crippen molar-refractivity contribution in [1.29, 1.82) is 0 Å². The van der Waals surface area contributed by atoms with Crippen LogP contribution >= 0.6 is 0 Å². The van der Waals surface area contributed by atoms with Gasteiger partial charge in [-0.25, -0.2) is 17.2 Å². The molecule has 1 saturated heterocycles. The quantitative estimate of drug-likeness (QED) is 0.415. The molecule has 0 saturated carbocycles. The normalized spacial score (nSPS) is 15.3. The van der Waals surface area contributed by atoms with E-state index < -0.39 is 31.5 Å². The number of anilines is 1. The minimum Gasteiger partial charge on any atom is -0.363 e. The lowest BCUT2D eigenvalue weighted by molar-refractivity contribution is -0.384. The van der Waals surface area contributed by atoms with Crippen LogP contribution in [0.5, 0.6) is 0 Å². The number of rotatable bonds is 5. The van der Waals surface area contributed by atoms with Crippen LogP contribution in [0, 0.1) is 21.7 Å². The summed E-state index contributed by atoms with van der Waals surface area (Å²) in [5.74, 6) is -2.23. The Hall–Kier alpha value is -2.92. The van der Waals surface area contributed by atoms with Crippen molar-refractivity contribution in [2.24, 2.45) is 0 Å². The van der Waals surface area contributed by atoms with Crippen molar-refractivity contribution in [3.05, 3.63) is 63.7 Å². The van der Waals surface area contributed by atoms with Gasteiger partial charge in [-0.05, 0) is 37.3 Å². The summed E-state index contributed by atoms with van der Waals surface area (Å²) in [6.45, 7) is 1.38. The smallest absolute Gasteiger partial charge is 0.293 e. The van der Waals surface area contributed by atoms with E-state index in [-0.39, 0.29) is 48.9 Å². The molecule has 11 heteroatoms. The SMILES string of the molecule is CC(=O)c1ccc(N2CCN(S(=O)(=O)c3cc(F)ccc3F)CC2)c([N+](=O)[O-])c1. The predicted molar refractivity (Wildman–Crippen MR) is 100 cm³/mol. The van der Waals surface area contributed by atoms with Gasteiger partial charge in [0.05, 0.1) is 4.92 Å². The first kappa shape index (κ1) is 20.8. The Balaban J connectivity index is 1.83. The van der Waals surface area contributed by atoms with E-state index in [1.54, 1.807) is 4.90 Å². The first-order valence-electron chi connectivity index (χ1n) is 8.61. The monoisotopic (exact) mass is 425 g/mol. The molecule has 2 aromatic carbocycles. The van der Waals surface area contributed by atoms with Crippen molar-refractivity contribution in [3.63, 3.8) is 0 Å². The third kappa shape index (κ3) is 4.10. The van der Waals surface area contributed by atoms with Crippen molar-refractivity contribution in [3.8, 4) is 0 Å². The third-order valence-electron chi connectivity index (χ3n) is 4.67. The van der Waals surface area contributed by atoms with E-state index in [4.69, 9.17) is 0 Å². The number of ketones is 1. The number of hydrogen-bond acceptors (Lipinski definition) is 6. The maximum atomic E-state index is 13.9. The summed E-state index contributed by atoms with van der Waals surface area (Å²) in [6, 6.07) is 6.31. The summed E-state index contributed by atoms with van der Waals surface area (Å²) >= 11 is 0. The van der Waals surface area contributed by atoms with E-state index in [1.807, 2.05) is 0 Å². The number of sulfonamides is 1. The topological polar surface area (TPSA) is 101 Å². The van der Waals surface area contributed by atoms with E-state index in [2.05, 4.69) is 0 Å². The Morgan fingerprint density at radius 2 is 1.72 bits per heavy atom. The number of benzene rings is 2. The second kappa shape index (κ2) is 7.84. The highest BCUT2D eigenvalue weighted by molar-refractivity contribution is 7.89. The van der Waals surface area contributed by atoms with Crippen LogP contribution in [0.15, 0.2) is 41.3 Å². The first-order chi connectivity index (χ1) is 13.6. The molecular formula is C18H17F2N3O5S. The van der Waals surface area contributed by atoms with Crippen molar-refractivity contribution >= 4 is 27.2 Å². The van der Waals surface area contributed by atoms with Gasteiger partial charge in [0.25, 0.3) is 5.69 Å². The largest absolute Gasteiger partial charge is 0.363 e. The number of nitro benzene ring substituents is 1. The van der Waals surface area contributed by atoms with E-state index in [9.17, 15) is 32.1 Å². The van der Waals surface area contributed by atoms with Crippen molar-refractivity contribution in [2.75, 3.05) is 31.1 Å². The van der Waals surface area contributed by atoms with E-state index in [0.717, 1.165) is 16.4 Å². The standard InChI is InChI=1S/C18H17F2N3O5S/c1-12(24)13-2-5-16(17(10-13)23(25)26)21-6-8-22(9-7-21)29(27,28)18-11-14(19)3-4-15(18)20/h2-5,10-11H,6-9H2,1H3. The number of nitro groups is 1. The minimum absolute atomic E-state index is 0.0656. The number of halogens is 2. The van der Waals surface area contributed by atoms with Gasteiger partial charge in [-0.2, -0.15) is 4.31 Å². The number of piperazine rings is 1. The molecule has 0 unspecified atom stereocenters. The Morgan fingerprint density at radius 1 is 1.07 bits per heavy atom.